The summed E-state index contributed by atoms with van der Waals surface area (Å²) in [5, 5.41) is 7.55. The van der Waals surface area contributed by atoms with Crippen LogP contribution in [0.25, 0.3) is 0 Å². The molecule has 108 valence electrons. The van der Waals surface area contributed by atoms with Crippen LogP contribution in [0.4, 0.5) is 0 Å². The van der Waals surface area contributed by atoms with E-state index in [1.54, 1.807) is 19.3 Å². The molecular formula is C17H30N2. The van der Waals surface area contributed by atoms with Gasteiger partial charge in [-0.3, -0.25) is 0 Å². The molecule has 4 aliphatic rings. The van der Waals surface area contributed by atoms with Crippen LogP contribution in [0.15, 0.2) is 0 Å². The molecule has 0 radical (unpaired) electrons. The molecule has 1 aliphatic heterocycles. The molecule has 3 saturated carbocycles. The number of nitrogens with one attached hydrogen (secondary N) is 2. The van der Waals surface area contributed by atoms with E-state index in [4.69, 9.17) is 0 Å². The predicted octanol–water partition coefficient (Wildman–Crippen LogP) is 2.65. The SMILES string of the molecule is CC(C)(CNC1C2C3CCC(C3)C12)C1CCCNC1. The summed E-state index contributed by atoms with van der Waals surface area (Å²) >= 11 is 0. The standard InChI is InChI=1S/C17H30N2/c1-17(2,13-4-3-7-18-9-13)10-19-16-14-11-5-6-12(8-11)15(14)16/h11-16,18-19H,3-10H2,1-2H3. The second-order valence-electron chi connectivity index (χ2n) is 8.43. The number of hydrogen-bond donors (Lipinski definition) is 2. The maximum Gasteiger partial charge on any atom is 0.0136 e. The van der Waals surface area contributed by atoms with Gasteiger partial charge in [-0.2, -0.15) is 0 Å². The quantitative estimate of drug-likeness (QED) is 0.814. The van der Waals surface area contributed by atoms with E-state index in [0.717, 1.165) is 35.6 Å². The summed E-state index contributed by atoms with van der Waals surface area (Å²) in [5.41, 5.74) is 0.462. The van der Waals surface area contributed by atoms with Crippen LogP contribution in [0, 0.1) is 35.0 Å². The van der Waals surface area contributed by atoms with E-state index < -0.39 is 0 Å². The van der Waals surface area contributed by atoms with Gasteiger partial charge in [-0.05, 0) is 80.2 Å². The zero-order valence-corrected chi connectivity index (χ0v) is 12.6. The highest BCUT2D eigenvalue weighted by atomic mass is 15.0. The molecule has 19 heavy (non-hydrogen) atoms. The molecule has 0 amide bonds. The zero-order valence-electron chi connectivity index (χ0n) is 12.6. The minimum Gasteiger partial charge on any atom is -0.316 e. The van der Waals surface area contributed by atoms with E-state index in [1.807, 2.05) is 0 Å². The Bertz CT molecular complexity index is 329. The molecule has 2 N–H and O–H groups in total. The first-order valence-electron chi connectivity index (χ1n) is 8.61. The lowest BCUT2D eigenvalue weighted by molar-refractivity contribution is 0.163. The van der Waals surface area contributed by atoms with Crippen LogP contribution in [0.3, 0.4) is 0 Å². The summed E-state index contributed by atoms with van der Waals surface area (Å²) < 4.78 is 0. The highest BCUT2D eigenvalue weighted by molar-refractivity contribution is 5.17. The van der Waals surface area contributed by atoms with Gasteiger partial charge in [0.15, 0.2) is 0 Å². The van der Waals surface area contributed by atoms with E-state index in [0.29, 0.717) is 5.41 Å². The summed E-state index contributed by atoms with van der Waals surface area (Å²) in [6, 6.07) is 0.905. The molecule has 4 fully saturated rings. The van der Waals surface area contributed by atoms with Gasteiger partial charge in [0.05, 0.1) is 0 Å². The molecule has 0 aromatic rings. The largest absolute Gasteiger partial charge is 0.316 e. The lowest BCUT2D eigenvalue weighted by Crippen LogP contribution is -2.44. The summed E-state index contributed by atoms with van der Waals surface area (Å²) in [6.45, 7) is 8.65. The maximum atomic E-state index is 3.97. The van der Waals surface area contributed by atoms with Crippen LogP contribution in [0.5, 0.6) is 0 Å². The Morgan fingerprint density at radius 1 is 1.11 bits per heavy atom. The number of rotatable bonds is 4. The first-order valence-corrected chi connectivity index (χ1v) is 8.61. The number of piperidine rings is 1. The second kappa shape index (κ2) is 4.46. The molecule has 4 rings (SSSR count). The lowest BCUT2D eigenvalue weighted by Gasteiger charge is -2.38. The second-order valence-corrected chi connectivity index (χ2v) is 8.43. The third-order valence-electron chi connectivity index (χ3n) is 6.93. The summed E-state index contributed by atoms with van der Waals surface area (Å²) in [5.74, 6) is 5.24. The highest BCUT2D eigenvalue weighted by Crippen LogP contribution is 2.65. The van der Waals surface area contributed by atoms with Gasteiger partial charge >= 0.3 is 0 Å². The molecule has 1 heterocycles. The molecule has 0 aromatic carbocycles. The van der Waals surface area contributed by atoms with Gasteiger partial charge in [-0.25, -0.2) is 0 Å². The topological polar surface area (TPSA) is 24.1 Å². The van der Waals surface area contributed by atoms with E-state index in [-0.39, 0.29) is 0 Å². The maximum absolute atomic E-state index is 3.97. The number of fused-ring (bicyclic) bond motifs is 5. The van der Waals surface area contributed by atoms with Crippen LogP contribution in [0.1, 0.15) is 46.0 Å². The average Bonchev–Trinajstić information content (AvgIpc) is 2.81. The van der Waals surface area contributed by atoms with E-state index in [1.165, 1.54) is 32.5 Å². The molecule has 0 aromatic heterocycles. The molecule has 2 bridgehead atoms. The van der Waals surface area contributed by atoms with E-state index >= 15 is 0 Å². The minimum absolute atomic E-state index is 0.462. The third kappa shape index (κ3) is 2.06. The van der Waals surface area contributed by atoms with Crippen LogP contribution >= 0.6 is 0 Å². The van der Waals surface area contributed by atoms with Gasteiger partial charge in [0.2, 0.25) is 0 Å². The van der Waals surface area contributed by atoms with Gasteiger partial charge in [-0.1, -0.05) is 13.8 Å². The molecule has 1 saturated heterocycles. The molecule has 0 spiro atoms. The average molecular weight is 262 g/mol. The minimum atomic E-state index is 0.462. The Kier molecular flexibility index (Phi) is 2.97. The van der Waals surface area contributed by atoms with Crippen LogP contribution in [0.2, 0.25) is 0 Å². The van der Waals surface area contributed by atoms with Gasteiger partial charge in [0.1, 0.15) is 0 Å². The van der Waals surface area contributed by atoms with Crippen molar-refractivity contribution in [2.75, 3.05) is 19.6 Å². The molecule has 2 heteroatoms. The fraction of sp³-hybridized carbons (Fsp3) is 1.00. The van der Waals surface area contributed by atoms with Crippen LogP contribution in [-0.2, 0) is 0 Å². The van der Waals surface area contributed by atoms with Crippen molar-refractivity contribution in [3.05, 3.63) is 0 Å². The van der Waals surface area contributed by atoms with Crippen molar-refractivity contribution in [2.24, 2.45) is 35.0 Å². The third-order valence-corrected chi connectivity index (χ3v) is 6.93. The molecular weight excluding hydrogens is 232 g/mol. The fourth-order valence-electron chi connectivity index (χ4n) is 5.64. The van der Waals surface area contributed by atoms with E-state index in [9.17, 15) is 0 Å². The van der Waals surface area contributed by atoms with Crippen molar-refractivity contribution in [2.45, 2.75) is 52.0 Å². The van der Waals surface area contributed by atoms with Crippen LogP contribution in [-0.4, -0.2) is 25.7 Å². The summed E-state index contributed by atoms with van der Waals surface area (Å²) in [6.07, 6.45) is 7.45. The van der Waals surface area contributed by atoms with Crippen molar-refractivity contribution in [3.63, 3.8) is 0 Å². The number of hydrogen-bond acceptors (Lipinski definition) is 2. The smallest absolute Gasteiger partial charge is 0.0136 e. The molecule has 5 atom stereocenters. The van der Waals surface area contributed by atoms with Crippen molar-refractivity contribution in [1.82, 2.24) is 10.6 Å². The first-order chi connectivity index (χ1) is 9.17. The van der Waals surface area contributed by atoms with Gasteiger partial charge < -0.3 is 10.6 Å². The molecule has 3 aliphatic carbocycles. The fourth-order valence-corrected chi connectivity index (χ4v) is 5.64. The Morgan fingerprint density at radius 2 is 1.84 bits per heavy atom. The summed E-state index contributed by atoms with van der Waals surface area (Å²) in [4.78, 5) is 0. The lowest BCUT2D eigenvalue weighted by atomic mass is 9.75. The Labute approximate surface area is 118 Å². The highest BCUT2D eigenvalue weighted by Gasteiger charge is 2.64. The Morgan fingerprint density at radius 3 is 2.47 bits per heavy atom. The normalized spacial score (nSPS) is 48.3. The Balaban J connectivity index is 1.30. The molecule has 5 unspecified atom stereocenters. The van der Waals surface area contributed by atoms with Crippen molar-refractivity contribution >= 4 is 0 Å². The Hall–Kier alpha value is -0.0800. The predicted molar refractivity (Wildman–Crippen MR) is 79.0 cm³/mol. The molecule has 2 nitrogen and oxygen atoms in total. The van der Waals surface area contributed by atoms with E-state index in [2.05, 4.69) is 24.5 Å². The summed E-state index contributed by atoms with van der Waals surface area (Å²) in [7, 11) is 0. The van der Waals surface area contributed by atoms with Crippen molar-refractivity contribution in [3.8, 4) is 0 Å². The van der Waals surface area contributed by atoms with Crippen molar-refractivity contribution in [1.29, 1.82) is 0 Å². The van der Waals surface area contributed by atoms with Gasteiger partial charge in [0.25, 0.3) is 0 Å². The van der Waals surface area contributed by atoms with Crippen LogP contribution < -0.4 is 10.6 Å². The monoisotopic (exact) mass is 262 g/mol. The zero-order chi connectivity index (χ0) is 13.0. The van der Waals surface area contributed by atoms with Gasteiger partial charge in [0, 0.05) is 12.6 Å². The van der Waals surface area contributed by atoms with Gasteiger partial charge in [-0.15, -0.1) is 0 Å². The van der Waals surface area contributed by atoms with Crippen molar-refractivity contribution < 1.29 is 0 Å². The first kappa shape index (κ1) is 12.6.